The lowest BCUT2D eigenvalue weighted by atomic mass is 9.86. The third-order valence-corrected chi connectivity index (χ3v) is 4.00. The summed E-state index contributed by atoms with van der Waals surface area (Å²) >= 11 is 6.18. The summed E-state index contributed by atoms with van der Waals surface area (Å²) in [4.78, 5) is 2.08. The van der Waals surface area contributed by atoms with Gasteiger partial charge in [-0.3, -0.25) is 0 Å². The average Bonchev–Trinajstić information content (AvgIpc) is 2.54. The van der Waals surface area contributed by atoms with Crippen LogP contribution < -0.4 is 10.2 Å². The molecule has 1 fully saturated rings. The molecular formula is C15H22ClFN2. The number of rotatable bonds is 1. The average molecular weight is 285 g/mol. The van der Waals surface area contributed by atoms with Crippen LogP contribution in [0.3, 0.4) is 0 Å². The molecule has 2 rings (SSSR count). The fourth-order valence-electron chi connectivity index (χ4n) is 2.50. The van der Waals surface area contributed by atoms with Crippen molar-refractivity contribution in [1.82, 2.24) is 5.32 Å². The smallest absolute Gasteiger partial charge is 0.148 e. The monoisotopic (exact) mass is 284 g/mol. The molecule has 0 aromatic heterocycles. The zero-order valence-electron chi connectivity index (χ0n) is 11.8. The van der Waals surface area contributed by atoms with Crippen LogP contribution in [-0.2, 0) is 0 Å². The Morgan fingerprint density at radius 2 is 2.11 bits per heavy atom. The molecule has 0 radical (unpaired) electrons. The summed E-state index contributed by atoms with van der Waals surface area (Å²) in [6.45, 7) is 9.19. The lowest BCUT2D eigenvalue weighted by Crippen LogP contribution is -2.46. The minimum absolute atomic E-state index is 0.139. The van der Waals surface area contributed by atoms with Gasteiger partial charge < -0.3 is 10.2 Å². The summed E-state index contributed by atoms with van der Waals surface area (Å²) < 4.78 is 14.0. The van der Waals surface area contributed by atoms with Crippen molar-refractivity contribution in [3.63, 3.8) is 0 Å². The molecule has 1 aromatic rings. The maximum atomic E-state index is 14.0. The fourth-order valence-corrected chi connectivity index (χ4v) is 2.78. The van der Waals surface area contributed by atoms with E-state index in [0.29, 0.717) is 16.8 Å². The quantitative estimate of drug-likeness (QED) is 0.846. The van der Waals surface area contributed by atoms with E-state index in [1.807, 2.05) is 0 Å². The van der Waals surface area contributed by atoms with Gasteiger partial charge in [-0.1, -0.05) is 38.4 Å². The molecule has 0 saturated carbocycles. The number of hydrogen-bond donors (Lipinski definition) is 1. The molecule has 1 unspecified atom stereocenters. The van der Waals surface area contributed by atoms with Crippen molar-refractivity contribution in [2.45, 2.75) is 33.2 Å². The number of nitrogens with zero attached hydrogens (tertiary/aromatic N) is 1. The molecule has 1 aromatic carbocycles. The topological polar surface area (TPSA) is 15.3 Å². The van der Waals surface area contributed by atoms with E-state index >= 15 is 0 Å². The lowest BCUT2D eigenvalue weighted by molar-refractivity contribution is 0.280. The van der Waals surface area contributed by atoms with Crippen molar-refractivity contribution < 1.29 is 4.39 Å². The molecule has 1 aliphatic heterocycles. The maximum Gasteiger partial charge on any atom is 0.148 e. The van der Waals surface area contributed by atoms with Gasteiger partial charge in [0.05, 0.1) is 10.7 Å². The summed E-state index contributed by atoms with van der Waals surface area (Å²) in [5.41, 5.74) is 0.683. The predicted octanol–water partition coefficient (Wildman–Crippen LogP) is 3.69. The van der Waals surface area contributed by atoms with Gasteiger partial charge >= 0.3 is 0 Å². The number of anilines is 1. The Balaban J connectivity index is 2.28. The minimum Gasteiger partial charge on any atom is -0.366 e. The van der Waals surface area contributed by atoms with Crippen molar-refractivity contribution in [2.75, 3.05) is 24.5 Å². The summed E-state index contributed by atoms with van der Waals surface area (Å²) in [6, 6.07) is 5.21. The van der Waals surface area contributed by atoms with E-state index in [1.54, 1.807) is 12.1 Å². The molecule has 1 N–H and O–H groups in total. The van der Waals surface area contributed by atoms with Crippen LogP contribution in [0, 0.1) is 11.2 Å². The van der Waals surface area contributed by atoms with E-state index in [4.69, 9.17) is 11.6 Å². The maximum absolute atomic E-state index is 14.0. The summed E-state index contributed by atoms with van der Waals surface area (Å²) in [5.74, 6) is -0.234. The standard InChI is InChI=1S/C15H22ClFN2/c1-15(2,3)13-10-19(9-5-8-18-13)14-11(16)6-4-7-12(14)17/h4,6-7,13,18H,5,8-10H2,1-3H3. The third-order valence-electron chi connectivity index (χ3n) is 3.70. The van der Waals surface area contributed by atoms with Crippen LogP contribution in [0.5, 0.6) is 0 Å². The number of para-hydroxylation sites is 1. The van der Waals surface area contributed by atoms with E-state index in [1.165, 1.54) is 6.07 Å². The van der Waals surface area contributed by atoms with Gasteiger partial charge in [0.2, 0.25) is 0 Å². The summed E-state index contributed by atoms with van der Waals surface area (Å²) in [7, 11) is 0. The highest BCUT2D eigenvalue weighted by molar-refractivity contribution is 6.33. The van der Waals surface area contributed by atoms with Gasteiger partial charge in [0.25, 0.3) is 0 Å². The number of nitrogens with one attached hydrogen (secondary N) is 1. The Bertz CT molecular complexity index is 422. The van der Waals surface area contributed by atoms with Gasteiger partial charge in [0.1, 0.15) is 5.82 Å². The second-order valence-corrected chi connectivity index (χ2v) is 6.65. The summed E-state index contributed by atoms with van der Waals surface area (Å²) in [6.07, 6.45) is 0.997. The Labute approximate surface area is 119 Å². The molecule has 0 aliphatic carbocycles. The third kappa shape index (κ3) is 3.40. The number of halogens is 2. The Morgan fingerprint density at radius 1 is 1.37 bits per heavy atom. The van der Waals surface area contributed by atoms with E-state index in [-0.39, 0.29) is 11.2 Å². The van der Waals surface area contributed by atoms with Crippen molar-refractivity contribution in [3.8, 4) is 0 Å². The zero-order valence-corrected chi connectivity index (χ0v) is 12.6. The molecule has 0 amide bonds. The molecule has 4 heteroatoms. The molecule has 1 heterocycles. The highest BCUT2D eigenvalue weighted by Gasteiger charge is 2.29. The molecule has 0 bridgehead atoms. The SMILES string of the molecule is CC(C)(C)C1CN(c2c(F)cccc2Cl)CCCN1. The van der Waals surface area contributed by atoms with E-state index < -0.39 is 0 Å². The fraction of sp³-hybridized carbons (Fsp3) is 0.600. The van der Waals surface area contributed by atoms with Gasteiger partial charge in [-0.05, 0) is 30.5 Å². The van der Waals surface area contributed by atoms with Gasteiger partial charge in [-0.25, -0.2) is 4.39 Å². The van der Waals surface area contributed by atoms with Crippen molar-refractivity contribution in [1.29, 1.82) is 0 Å². The first-order valence-electron chi connectivity index (χ1n) is 6.82. The van der Waals surface area contributed by atoms with Crippen LogP contribution in [0.4, 0.5) is 10.1 Å². The van der Waals surface area contributed by atoms with Crippen LogP contribution in [-0.4, -0.2) is 25.7 Å². The van der Waals surface area contributed by atoms with Crippen LogP contribution >= 0.6 is 11.6 Å². The van der Waals surface area contributed by atoms with Crippen LogP contribution in [0.25, 0.3) is 0 Å². The molecule has 2 nitrogen and oxygen atoms in total. The molecular weight excluding hydrogens is 263 g/mol. The van der Waals surface area contributed by atoms with Gasteiger partial charge in [-0.2, -0.15) is 0 Å². The molecule has 1 saturated heterocycles. The highest BCUT2D eigenvalue weighted by Crippen LogP contribution is 2.31. The lowest BCUT2D eigenvalue weighted by Gasteiger charge is -2.35. The predicted molar refractivity (Wildman–Crippen MR) is 79.5 cm³/mol. The Kier molecular flexibility index (Phi) is 4.36. The van der Waals surface area contributed by atoms with Gasteiger partial charge in [0.15, 0.2) is 0 Å². The van der Waals surface area contributed by atoms with E-state index in [2.05, 4.69) is 31.0 Å². The normalized spacial score (nSPS) is 21.3. The Hall–Kier alpha value is -0.800. The minimum atomic E-state index is -0.234. The molecule has 0 spiro atoms. The Morgan fingerprint density at radius 3 is 2.74 bits per heavy atom. The second kappa shape index (κ2) is 5.68. The van der Waals surface area contributed by atoms with E-state index in [0.717, 1.165) is 26.1 Å². The molecule has 106 valence electrons. The first-order chi connectivity index (χ1) is 8.89. The van der Waals surface area contributed by atoms with Gasteiger partial charge in [-0.15, -0.1) is 0 Å². The largest absolute Gasteiger partial charge is 0.366 e. The number of hydrogen-bond acceptors (Lipinski definition) is 2. The molecule has 1 aliphatic rings. The zero-order chi connectivity index (χ0) is 14.0. The van der Waals surface area contributed by atoms with Crippen LogP contribution in [0.2, 0.25) is 5.02 Å². The molecule has 1 atom stereocenters. The first-order valence-corrected chi connectivity index (χ1v) is 7.20. The molecule has 19 heavy (non-hydrogen) atoms. The van der Waals surface area contributed by atoms with Gasteiger partial charge in [0, 0.05) is 19.1 Å². The highest BCUT2D eigenvalue weighted by atomic mass is 35.5. The van der Waals surface area contributed by atoms with Crippen molar-refractivity contribution >= 4 is 17.3 Å². The van der Waals surface area contributed by atoms with Crippen LogP contribution in [0.1, 0.15) is 27.2 Å². The second-order valence-electron chi connectivity index (χ2n) is 6.24. The summed E-state index contributed by atoms with van der Waals surface area (Å²) in [5, 5.41) is 4.05. The van der Waals surface area contributed by atoms with E-state index in [9.17, 15) is 4.39 Å². The van der Waals surface area contributed by atoms with Crippen LogP contribution in [0.15, 0.2) is 18.2 Å². The number of benzene rings is 1. The van der Waals surface area contributed by atoms with Crippen molar-refractivity contribution in [2.24, 2.45) is 5.41 Å². The first kappa shape index (κ1) is 14.6. The van der Waals surface area contributed by atoms with Crippen molar-refractivity contribution in [3.05, 3.63) is 29.0 Å².